The highest BCUT2D eigenvalue weighted by Crippen LogP contribution is 2.23. The van der Waals surface area contributed by atoms with Crippen LogP contribution < -0.4 is 10.0 Å². The highest BCUT2D eigenvalue weighted by atomic mass is 32.2. The van der Waals surface area contributed by atoms with Crippen LogP contribution in [0.25, 0.3) is 0 Å². The SMILES string of the molecule is CNCc1cn[nH]c1S(=O)(=O)Nc1ccc(F)c(F)c1F. The first-order valence-electron chi connectivity index (χ1n) is 5.70. The van der Waals surface area contributed by atoms with Gasteiger partial charge in [-0.05, 0) is 19.2 Å². The van der Waals surface area contributed by atoms with E-state index in [0.717, 1.165) is 6.07 Å². The monoisotopic (exact) mass is 320 g/mol. The minimum atomic E-state index is -4.21. The summed E-state index contributed by atoms with van der Waals surface area (Å²) in [5.74, 6) is -4.78. The molecule has 0 saturated heterocycles. The fourth-order valence-electron chi connectivity index (χ4n) is 1.65. The van der Waals surface area contributed by atoms with Gasteiger partial charge in [-0.15, -0.1) is 0 Å². The first-order valence-corrected chi connectivity index (χ1v) is 7.18. The molecular formula is C11H11F3N4O2S. The van der Waals surface area contributed by atoms with Crippen LogP contribution in [0.5, 0.6) is 0 Å². The zero-order chi connectivity index (χ0) is 15.6. The summed E-state index contributed by atoms with van der Waals surface area (Å²) in [6, 6.07) is 1.41. The number of nitrogens with one attached hydrogen (secondary N) is 3. The molecule has 0 amide bonds. The molecule has 0 radical (unpaired) electrons. The van der Waals surface area contributed by atoms with Crippen LogP contribution in [-0.2, 0) is 16.6 Å². The molecule has 0 unspecified atom stereocenters. The highest BCUT2D eigenvalue weighted by Gasteiger charge is 2.23. The molecular weight excluding hydrogens is 309 g/mol. The van der Waals surface area contributed by atoms with Crippen molar-refractivity contribution in [2.24, 2.45) is 0 Å². The smallest absolute Gasteiger partial charge is 0.279 e. The molecule has 2 rings (SSSR count). The molecule has 3 N–H and O–H groups in total. The van der Waals surface area contributed by atoms with Gasteiger partial charge in [0.1, 0.15) is 0 Å². The van der Waals surface area contributed by atoms with Crippen molar-refractivity contribution in [3.63, 3.8) is 0 Å². The molecule has 1 heterocycles. The minimum absolute atomic E-state index is 0.201. The van der Waals surface area contributed by atoms with E-state index in [2.05, 4.69) is 15.5 Å². The number of benzene rings is 1. The van der Waals surface area contributed by atoms with Gasteiger partial charge < -0.3 is 5.32 Å². The van der Waals surface area contributed by atoms with E-state index in [0.29, 0.717) is 11.6 Å². The quantitative estimate of drug-likeness (QED) is 0.726. The number of sulfonamides is 1. The summed E-state index contributed by atoms with van der Waals surface area (Å²) in [4.78, 5) is 0. The molecule has 1 aromatic carbocycles. The summed E-state index contributed by atoms with van der Waals surface area (Å²) in [7, 11) is -2.61. The van der Waals surface area contributed by atoms with Crippen LogP contribution in [0, 0.1) is 17.5 Å². The van der Waals surface area contributed by atoms with E-state index >= 15 is 0 Å². The van der Waals surface area contributed by atoms with Crippen LogP contribution in [0.1, 0.15) is 5.56 Å². The van der Waals surface area contributed by atoms with Gasteiger partial charge in [0.15, 0.2) is 22.5 Å². The van der Waals surface area contributed by atoms with Crippen molar-refractivity contribution in [3.8, 4) is 0 Å². The molecule has 2 aromatic rings. The molecule has 0 atom stereocenters. The topological polar surface area (TPSA) is 86.9 Å². The van der Waals surface area contributed by atoms with Crippen molar-refractivity contribution in [1.29, 1.82) is 0 Å². The first kappa shape index (κ1) is 15.3. The zero-order valence-electron chi connectivity index (χ0n) is 10.7. The number of rotatable bonds is 5. The van der Waals surface area contributed by atoms with E-state index in [9.17, 15) is 21.6 Å². The lowest BCUT2D eigenvalue weighted by atomic mass is 10.3. The van der Waals surface area contributed by atoms with Crippen molar-refractivity contribution < 1.29 is 21.6 Å². The molecule has 0 aliphatic carbocycles. The maximum atomic E-state index is 13.5. The third-order valence-electron chi connectivity index (χ3n) is 2.59. The molecule has 0 aliphatic heterocycles. The molecule has 1 aromatic heterocycles. The number of nitrogens with zero attached hydrogens (tertiary/aromatic N) is 1. The number of aromatic amines is 1. The second kappa shape index (κ2) is 5.74. The number of halogens is 3. The molecule has 0 fully saturated rings. The number of H-pyrrole nitrogens is 1. The molecule has 10 heteroatoms. The van der Waals surface area contributed by atoms with Crippen molar-refractivity contribution in [3.05, 3.63) is 41.3 Å². The molecule has 0 bridgehead atoms. The maximum absolute atomic E-state index is 13.5. The van der Waals surface area contributed by atoms with E-state index in [-0.39, 0.29) is 11.6 Å². The van der Waals surface area contributed by atoms with Crippen molar-refractivity contribution >= 4 is 15.7 Å². The predicted octanol–water partition coefficient (Wildman–Crippen LogP) is 1.35. The Bertz CT molecular complexity index is 761. The van der Waals surface area contributed by atoms with E-state index in [1.165, 1.54) is 6.20 Å². The van der Waals surface area contributed by atoms with E-state index in [1.54, 1.807) is 7.05 Å². The number of hydrogen-bond acceptors (Lipinski definition) is 4. The first-order chi connectivity index (χ1) is 9.86. The van der Waals surface area contributed by atoms with Crippen molar-refractivity contribution in [2.45, 2.75) is 11.6 Å². The van der Waals surface area contributed by atoms with Gasteiger partial charge in [-0.1, -0.05) is 0 Å². The Morgan fingerprint density at radius 3 is 2.62 bits per heavy atom. The fraction of sp³-hybridized carbons (Fsp3) is 0.182. The number of anilines is 1. The Balaban J connectivity index is 2.38. The van der Waals surface area contributed by atoms with Crippen LogP contribution in [-0.4, -0.2) is 25.7 Å². The summed E-state index contributed by atoms with van der Waals surface area (Å²) in [6.07, 6.45) is 1.28. The predicted molar refractivity (Wildman–Crippen MR) is 68.5 cm³/mol. The van der Waals surface area contributed by atoms with Crippen LogP contribution in [0.4, 0.5) is 18.9 Å². The minimum Gasteiger partial charge on any atom is -0.316 e. The lowest BCUT2D eigenvalue weighted by Gasteiger charge is -2.09. The summed E-state index contributed by atoms with van der Waals surface area (Å²) in [6.45, 7) is 0.201. The van der Waals surface area contributed by atoms with Crippen LogP contribution in [0.2, 0.25) is 0 Å². The Morgan fingerprint density at radius 2 is 1.95 bits per heavy atom. The van der Waals surface area contributed by atoms with E-state index in [1.807, 2.05) is 4.72 Å². The second-order valence-electron chi connectivity index (χ2n) is 4.08. The van der Waals surface area contributed by atoms with Crippen molar-refractivity contribution in [2.75, 3.05) is 11.8 Å². The summed E-state index contributed by atoms with van der Waals surface area (Å²) < 4.78 is 65.5. The zero-order valence-corrected chi connectivity index (χ0v) is 11.6. The molecule has 0 saturated carbocycles. The summed E-state index contributed by atoms with van der Waals surface area (Å²) in [5.41, 5.74) is -0.383. The average molecular weight is 320 g/mol. The van der Waals surface area contributed by atoms with Gasteiger partial charge in [0.25, 0.3) is 10.0 Å². The Morgan fingerprint density at radius 1 is 1.24 bits per heavy atom. The molecule has 6 nitrogen and oxygen atoms in total. The van der Waals surface area contributed by atoms with Crippen LogP contribution in [0.15, 0.2) is 23.4 Å². The standard InChI is InChI=1S/C11H11F3N4O2S/c1-15-4-6-5-16-17-11(6)21(19,20)18-8-3-2-7(12)9(13)10(8)14/h2-3,5,15,18H,4H2,1H3,(H,16,17). The normalized spacial score (nSPS) is 11.6. The molecule has 0 aliphatic rings. The van der Waals surface area contributed by atoms with Crippen LogP contribution >= 0.6 is 0 Å². The second-order valence-corrected chi connectivity index (χ2v) is 5.70. The lowest BCUT2D eigenvalue weighted by molar-refractivity contribution is 0.449. The van der Waals surface area contributed by atoms with Gasteiger partial charge in [0, 0.05) is 12.1 Å². The maximum Gasteiger partial charge on any atom is 0.279 e. The summed E-state index contributed by atoms with van der Waals surface area (Å²) in [5, 5.41) is 8.30. The molecule has 21 heavy (non-hydrogen) atoms. The van der Waals surface area contributed by atoms with E-state index < -0.39 is 33.2 Å². The largest absolute Gasteiger partial charge is 0.316 e. The van der Waals surface area contributed by atoms with Gasteiger partial charge in [-0.3, -0.25) is 9.82 Å². The lowest BCUT2D eigenvalue weighted by Crippen LogP contribution is -2.18. The molecule has 0 spiro atoms. The van der Waals surface area contributed by atoms with Gasteiger partial charge in [0.05, 0.1) is 11.9 Å². The average Bonchev–Trinajstić information content (AvgIpc) is 2.89. The number of hydrogen-bond donors (Lipinski definition) is 3. The summed E-state index contributed by atoms with van der Waals surface area (Å²) >= 11 is 0. The fourth-order valence-corrected chi connectivity index (χ4v) is 2.84. The third kappa shape index (κ3) is 3.00. The van der Waals surface area contributed by atoms with Gasteiger partial charge in [0.2, 0.25) is 0 Å². The third-order valence-corrected chi connectivity index (χ3v) is 3.97. The highest BCUT2D eigenvalue weighted by molar-refractivity contribution is 7.92. The van der Waals surface area contributed by atoms with Gasteiger partial charge in [-0.2, -0.15) is 13.5 Å². The van der Waals surface area contributed by atoms with E-state index in [4.69, 9.17) is 0 Å². The van der Waals surface area contributed by atoms with Gasteiger partial charge in [-0.25, -0.2) is 13.2 Å². The Labute approximate surface area is 118 Å². The van der Waals surface area contributed by atoms with Crippen LogP contribution in [0.3, 0.4) is 0 Å². The molecule has 114 valence electrons. The Hall–Kier alpha value is -2.07. The van der Waals surface area contributed by atoms with Gasteiger partial charge >= 0.3 is 0 Å². The Kier molecular flexibility index (Phi) is 4.19. The van der Waals surface area contributed by atoms with Crippen molar-refractivity contribution in [1.82, 2.24) is 15.5 Å². The number of aromatic nitrogens is 2.